The van der Waals surface area contributed by atoms with Crippen LogP contribution in [0.4, 0.5) is 0 Å². The van der Waals surface area contributed by atoms with Crippen molar-refractivity contribution in [2.24, 2.45) is 4.99 Å². The molecule has 23 heavy (non-hydrogen) atoms. The number of rotatable bonds is 7. The molecular weight excluding hydrogens is 288 g/mol. The largest absolute Gasteiger partial charge is 0.497 e. The molecule has 2 N–H and O–H groups in total. The Morgan fingerprint density at radius 2 is 2.00 bits per heavy atom. The monoisotopic (exact) mass is 316 g/mol. The zero-order valence-electron chi connectivity index (χ0n) is 14.2. The first kappa shape index (κ1) is 17.3. The second kappa shape index (κ2) is 9.20. The van der Waals surface area contributed by atoms with E-state index in [2.05, 4.69) is 39.2 Å². The molecule has 5 heteroatoms. The Balaban J connectivity index is 2.05. The summed E-state index contributed by atoms with van der Waals surface area (Å²) in [7, 11) is 3.49. The Bertz CT molecular complexity index is 506. The van der Waals surface area contributed by atoms with E-state index in [-0.39, 0.29) is 0 Å². The molecule has 1 aromatic carbocycles. The van der Waals surface area contributed by atoms with Crippen molar-refractivity contribution in [3.63, 3.8) is 0 Å². The van der Waals surface area contributed by atoms with Gasteiger partial charge in [-0.2, -0.15) is 0 Å². The summed E-state index contributed by atoms with van der Waals surface area (Å²) in [5, 5.41) is 6.64. The van der Waals surface area contributed by atoms with Crippen LogP contribution in [0.2, 0.25) is 0 Å². The molecule has 1 atom stereocenters. The van der Waals surface area contributed by atoms with E-state index in [0.29, 0.717) is 12.6 Å². The fraction of sp³-hybridized carbons (Fsp3) is 0.500. The van der Waals surface area contributed by atoms with Crippen LogP contribution in [0.1, 0.15) is 24.4 Å². The van der Waals surface area contributed by atoms with E-state index >= 15 is 0 Å². The van der Waals surface area contributed by atoms with Crippen LogP contribution >= 0.6 is 0 Å². The number of hydrogen-bond donors (Lipinski definition) is 2. The van der Waals surface area contributed by atoms with Gasteiger partial charge in [0.15, 0.2) is 5.96 Å². The van der Waals surface area contributed by atoms with Crippen LogP contribution in [-0.2, 0) is 0 Å². The van der Waals surface area contributed by atoms with Crippen LogP contribution in [0.25, 0.3) is 0 Å². The lowest BCUT2D eigenvalue weighted by atomic mass is 10.1. The van der Waals surface area contributed by atoms with Crippen LogP contribution in [0.5, 0.6) is 5.75 Å². The van der Waals surface area contributed by atoms with Crippen molar-refractivity contribution < 1.29 is 4.74 Å². The van der Waals surface area contributed by atoms with Gasteiger partial charge < -0.3 is 15.4 Å². The van der Waals surface area contributed by atoms with Crippen LogP contribution in [0.15, 0.2) is 41.9 Å². The number of nitrogens with one attached hydrogen (secondary N) is 2. The molecule has 1 heterocycles. The highest BCUT2D eigenvalue weighted by molar-refractivity contribution is 5.79. The lowest BCUT2D eigenvalue weighted by molar-refractivity contribution is 0.245. The summed E-state index contributed by atoms with van der Waals surface area (Å²) in [6.45, 7) is 7.55. The third-order valence-corrected chi connectivity index (χ3v) is 4.18. The predicted octanol–water partition coefficient (Wildman–Crippen LogP) is 2.18. The lowest BCUT2D eigenvalue weighted by Crippen LogP contribution is -2.42. The normalized spacial score (nSPS) is 16.9. The van der Waals surface area contributed by atoms with Gasteiger partial charge in [0.2, 0.25) is 0 Å². The average Bonchev–Trinajstić information content (AvgIpc) is 3.12. The van der Waals surface area contributed by atoms with Crippen molar-refractivity contribution in [1.82, 2.24) is 15.5 Å². The second-order valence-electron chi connectivity index (χ2n) is 5.65. The van der Waals surface area contributed by atoms with E-state index in [1.54, 1.807) is 14.2 Å². The maximum Gasteiger partial charge on any atom is 0.191 e. The molecule has 1 aliphatic heterocycles. The number of hydrogen-bond acceptors (Lipinski definition) is 3. The van der Waals surface area contributed by atoms with Crippen LogP contribution < -0.4 is 15.4 Å². The highest BCUT2D eigenvalue weighted by Gasteiger charge is 2.23. The first-order chi connectivity index (χ1) is 11.3. The van der Waals surface area contributed by atoms with Gasteiger partial charge >= 0.3 is 0 Å². The molecule has 0 spiro atoms. The highest BCUT2D eigenvalue weighted by Crippen LogP contribution is 2.26. The van der Waals surface area contributed by atoms with Crippen molar-refractivity contribution in [3.05, 3.63) is 42.5 Å². The zero-order valence-corrected chi connectivity index (χ0v) is 14.2. The van der Waals surface area contributed by atoms with Crippen LogP contribution in [-0.4, -0.2) is 51.2 Å². The third-order valence-electron chi connectivity index (χ3n) is 4.18. The maximum atomic E-state index is 5.27. The van der Waals surface area contributed by atoms with E-state index in [1.165, 1.54) is 18.4 Å². The third kappa shape index (κ3) is 4.99. The molecule has 5 nitrogen and oxygen atoms in total. The number of aliphatic imine (C=N–C) groups is 1. The summed E-state index contributed by atoms with van der Waals surface area (Å²) in [6, 6.07) is 8.71. The van der Waals surface area contributed by atoms with Gasteiger partial charge in [-0.25, -0.2) is 0 Å². The second-order valence-corrected chi connectivity index (χ2v) is 5.65. The molecular formula is C18H28N4O. The quantitative estimate of drug-likeness (QED) is 0.460. The topological polar surface area (TPSA) is 48.9 Å². The minimum absolute atomic E-state index is 0.339. The minimum atomic E-state index is 0.339. The minimum Gasteiger partial charge on any atom is -0.497 e. The van der Waals surface area contributed by atoms with Crippen molar-refractivity contribution in [1.29, 1.82) is 0 Å². The standard InChI is InChI=1S/C18H28N4O/c1-4-11-20-18(19-2)21-14-17(22-12-5-6-13-22)15-7-9-16(23-3)10-8-15/h4,7-10,17H,1,5-6,11-14H2,2-3H3,(H2,19,20,21). The van der Waals surface area contributed by atoms with Gasteiger partial charge in [-0.15, -0.1) is 6.58 Å². The van der Waals surface area contributed by atoms with Gasteiger partial charge in [0, 0.05) is 20.1 Å². The Hall–Kier alpha value is -2.01. The van der Waals surface area contributed by atoms with Gasteiger partial charge in [0.05, 0.1) is 13.2 Å². The van der Waals surface area contributed by atoms with Gasteiger partial charge in [-0.05, 0) is 43.6 Å². The molecule has 1 fully saturated rings. The molecule has 0 aliphatic carbocycles. The summed E-state index contributed by atoms with van der Waals surface area (Å²) in [5.41, 5.74) is 1.30. The Labute approximate surface area is 139 Å². The number of benzene rings is 1. The number of methoxy groups -OCH3 is 1. The van der Waals surface area contributed by atoms with E-state index in [1.807, 2.05) is 18.2 Å². The molecule has 1 aliphatic rings. The fourth-order valence-electron chi connectivity index (χ4n) is 2.92. The maximum absolute atomic E-state index is 5.27. The van der Waals surface area contributed by atoms with Crippen LogP contribution in [0, 0.1) is 0 Å². The van der Waals surface area contributed by atoms with E-state index in [9.17, 15) is 0 Å². The number of likely N-dealkylation sites (tertiary alicyclic amines) is 1. The average molecular weight is 316 g/mol. The smallest absolute Gasteiger partial charge is 0.191 e. The summed E-state index contributed by atoms with van der Waals surface area (Å²) >= 11 is 0. The van der Waals surface area contributed by atoms with Gasteiger partial charge in [0.25, 0.3) is 0 Å². The molecule has 0 bridgehead atoms. The van der Waals surface area contributed by atoms with E-state index < -0.39 is 0 Å². The van der Waals surface area contributed by atoms with Gasteiger partial charge in [-0.3, -0.25) is 9.89 Å². The highest BCUT2D eigenvalue weighted by atomic mass is 16.5. The molecule has 1 saturated heterocycles. The Morgan fingerprint density at radius 3 is 2.57 bits per heavy atom. The molecule has 1 unspecified atom stereocenters. The van der Waals surface area contributed by atoms with Crippen molar-refractivity contribution in [2.75, 3.05) is 40.3 Å². The SMILES string of the molecule is C=CCNC(=NC)NCC(c1ccc(OC)cc1)N1CCCC1. The Kier molecular flexibility index (Phi) is 6.94. The van der Waals surface area contributed by atoms with Gasteiger partial charge in [-0.1, -0.05) is 18.2 Å². The molecule has 0 amide bonds. The molecule has 0 saturated carbocycles. The van der Waals surface area contributed by atoms with Crippen molar-refractivity contribution in [3.8, 4) is 5.75 Å². The molecule has 2 rings (SSSR count). The Morgan fingerprint density at radius 1 is 1.30 bits per heavy atom. The van der Waals surface area contributed by atoms with E-state index in [4.69, 9.17) is 4.74 Å². The number of nitrogens with zero attached hydrogens (tertiary/aromatic N) is 2. The number of ether oxygens (including phenoxy) is 1. The predicted molar refractivity (Wildman–Crippen MR) is 96.1 cm³/mol. The van der Waals surface area contributed by atoms with Gasteiger partial charge in [0.1, 0.15) is 5.75 Å². The summed E-state index contributed by atoms with van der Waals surface area (Å²) < 4.78 is 5.27. The zero-order chi connectivity index (χ0) is 16.5. The fourth-order valence-corrected chi connectivity index (χ4v) is 2.92. The van der Waals surface area contributed by atoms with Crippen molar-refractivity contribution in [2.45, 2.75) is 18.9 Å². The molecule has 1 aromatic rings. The van der Waals surface area contributed by atoms with E-state index in [0.717, 1.165) is 31.3 Å². The summed E-state index contributed by atoms with van der Waals surface area (Å²) in [6.07, 6.45) is 4.38. The molecule has 126 valence electrons. The molecule has 0 radical (unpaired) electrons. The summed E-state index contributed by atoms with van der Waals surface area (Å²) in [5.74, 6) is 1.70. The first-order valence-electron chi connectivity index (χ1n) is 8.22. The lowest BCUT2D eigenvalue weighted by Gasteiger charge is -2.29. The number of guanidine groups is 1. The van der Waals surface area contributed by atoms with Crippen LogP contribution in [0.3, 0.4) is 0 Å². The van der Waals surface area contributed by atoms with Crippen molar-refractivity contribution >= 4 is 5.96 Å². The summed E-state index contributed by atoms with van der Waals surface area (Å²) in [4.78, 5) is 6.79. The molecule has 0 aromatic heterocycles. The first-order valence-corrected chi connectivity index (χ1v) is 8.22.